The maximum absolute atomic E-state index is 12.2. The fraction of sp³-hybridized carbons (Fsp3) is 0.412. The number of carbonyl (C=O) groups is 1. The molecule has 4 nitrogen and oxygen atoms in total. The molecule has 0 saturated heterocycles. The second-order valence-corrected chi connectivity index (χ2v) is 6.86. The first-order chi connectivity index (χ1) is 10.7. The molecular formula is C17H21N3OS. The molecule has 2 heterocycles. The molecule has 1 aliphatic rings. The van der Waals surface area contributed by atoms with Crippen molar-refractivity contribution in [1.29, 1.82) is 0 Å². The lowest BCUT2D eigenvalue weighted by Crippen LogP contribution is -2.37. The minimum Gasteiger partial charge on any atom is -0.338 e. The van der Waals surface area contributed by atoms with Gasteiger partial charge in [0.1, 0.15) is 0 Å². The van der Waals surface area contributed by atoms with Crippen molar-refractivity contribution in [3.05, 3.63) is 51.0 Å². The monoisotopic (exact) mass is 315 g/mol. The average molecular weight is 315 g/mol. The number of urea groups is 1. The van der Waals surface area contributed by atoms with Gasteiger partial charge >= 0.3 is 6.03 Å². The Balaban J connectivity index is 1.49. The Morgan fingerprint density at radius 1 is 1.32 bits per heavy atom. The third-order valence-electron chi connectivity index (χ3n) is 4.01. The van der Waals surface area contributed by atoms with E-state index >= 15 is 0 Å². The number of benzene rings is 1. The molecule has 0 saturated carbocycles. The van der Waals surface area contributed by atoms with E-state index in [-0.39, 0.29) is 6.03 Å². The van der Waals surface area contributed by atoms with Gasteiger partial charge in [0.05, 0.1) is 10.7 Å². The summed E-state index contributed by atoms with van der Waals surface area (Å²) in [6, 6.07) is 8.24. The maximum atomic E-state index is 12.2. The largest absolute Gasteiger partial charge is 0.338 e. The summed E-state index contributed by atoms with van der Waals surface area (Å²) >= 11 is 1.74. The van der Waals surface area contributed by atoms with Gasteiger partial charge in [0.15, 0.2) is 0 Å². The lowest BCUT2D eigenvalue weighted by molar-refractivity contribution is 0.198. The number of nitrogens with zero attached hydrogens (tertiary/aromatic N) is 2. The molecule has 1 aromatic carbocycles. The summed E-state index contributed by atoms with van der Waals surface area (Å²) < 4.78 is 0. The smallest absolute Gasteiger partial charge is 0.318 e. The fourth-order valence-electron chi connectivity index (χ4n) is 2.79. The van der Waals surface area contributed by atoms with Gasteiger partial charge in [-0.2, -0.15) is 0 Å². The summed E-state index contributed by atoms with van der Waals surface area (Å²) in [6.45, 7) is 6.29. The van der Waals surface area contributed by atoms with Crippen molar-refractivity contribution in [2.24, 2.45) is 0 Å². The molecule has 0 bridgehead atoms. The quantitative estimate of drug-likeness (QED) is 0.941. The number of rotatable bonds is 4. The molecule has 2 aromatic rings. The van der Waals surface area contributed by atoms with E-state index in [2.05, 4.69) is 36.3 Å². The summed E-state index contributed by atoms with van der Waals surface area (Å²) in [6.07, 6.45) is 1.78. The van der Waals surface area contributed by atoms with Crippen molar-refractivity contribution in [3.8, 4) is 0 Å². The van der Waals surface area contributed by atoms with Gasteiger partial charge in [0, 0.05) is 30.9 Å². The number of thiazole rings is 1. The van der Waals surface area contributed by atoms with Crippen molar-refractivity contribution in [2.75, 3.05) is 6.54 Å². The molecule has 3 rings (SSSR count). The van der Waals surface area contributed by atoms with Crippen molar-refractivity contribution in [1.82, 2.24) is 15.2 Å². The Morgan fingerprint density at radius 2 is 2.00 bits per heavy atom. The first kappa shape index (κ1) is 15.0. The fourth-order valence-corrected chi connectivity index (χ4v) is 3.81. The van der Waals surface area contributed by atoms with Gasteiger partial charge in [0.2, 0.25) is 0 Å². The van der Waals surface area contributed by atoms with E-state index in [9.17, 15) is 4.79 Å². The van der Waals surface area contributed by atoms with Crippen molar-refractivity contribution in [2.45, 2.75) is 39.8 Å². The van der Waals surface area contributed by atoms with E-state index in [1.807, 2.05) is 17.0 Å². The van der Waals surface area contributed by atoms with Crippen LogP contribution in [0.3, 0.4) is 0 Å². The number of carbonyl (C=O) groups excluding carboxylic acids is 1. The zero-order valence-electron chi connectivity index (χ0n) is 13.1. The molecule has 0 fully saturated rings. The van der Waals surface area contributed by atoms with Crippen LogP contribution in [0.2, 0.25) is 0 Å². The van der Waals surface area contributed by atoms with Gasteiger partial charge in [-0.05, 0) is 24.5 Å². The molecule has 1 aliphatic heterocycles. The van der Waals surface area contributed by atoms with E-state index in [1.165, 1.54) is 21.7 Å². The van der Waals surface area contributed by atoms with Crippen molar-refractivity contribution in [3.63, 3.8) is 0 Å². The van der Waals surface area contributed by atoms with E-state index in [0.717, 1.165) is 17.8 Å². The molecule has 2 amide bonds. The van der Waals surface area contributed by atoms with Crippen LogP contribution in [0.1, 0.15) is 33.6 Å². The summed E-state index contributed by atoms with van der Waals surface area (Å²) in [5.74, 6) is 0. The predicted octanol–water partition coefficient (Wildman–Crippen LogP) is 3.28. The second kappa shape index (κ2) is 6.48. The summed E-state index contributed by atoms with van der Waals surface area (Å²) in [7, 11) is 0. The SMILES string of the molecule is CCc1nc(CCNC(=O)N2Cc3ccccc3C2)sc1C. The van der Waals surface area contributed by atoms with Crippen LogP contribution in [0.15, 0.2) is 24.3 Å². The minimum absolute atomic E-state index is 0.0141. The minimum atomic E-state index is 0.0141. The zero-order chi connectivity index (χ0) is 15.5. The molecule has 1 aromatic heterocycles. The highest BCUT2D eigenvalue weighted by atomic mass is 32.1. The van der Waals surface area contributed by atoms with E-state index in [4.69, 9.17) is 0 Å². The Morgan fingerprint density at radius 3 is 2.59 bits per heavy atom. The summed E-state index contributed by atoms with van der Waals surface area (Å²) in [5.41, 5.74) is 3.68. The number of hydrogen-bond donors (Lipinski definition) is 1. The molecule has 0 aliphatic carbocycles. The van der Waals surface area contributed by atoms with Crippen LogP contribution in [0.25, 0.3) is 0 Å². The lowest BCUT2D eigenvalue weighted by atomic mass is 10.1. The molecule has 0 spiro atoms. The van der Waals surface area contributed by atoms with Crippen LogP contribution in [0.4, 0.5) is 4.79 Å². The molecule has 22 heavy (non-hydrogen) atoms. The average Bonchev–Trinajstić information content (AvgIpc) is 3.10. The molecule has 1 N–H and O–H groups in total. The van der Waals surface area contributed by atoms with Gasteiger partial charge in [-0.3, -0.25) is 0 Å². The number of nitrogens with one attached hydrogen (secondary N) is 1. The lowest BCUT2D eigenvalue weighted by Gasteiger charge is -2.16. The van der Waals surface area contributed by atoms with E-state index < -0.39 is 0 Å². The maximum Gasteiger partial charge on any atom is 0.318 e. The van der Waals surface area contributed by atoms with Gasteiger partial charge in [-0.15, -0.1) is 11.3 Å². The van der Waals surface area contributed by atoms with Crippen LogP contribution < -0.4 is 5.32 Å². The van der Waals surface area contributed by atoms with Crippen molar-refractivity contribution < 1.29 is 4.79 Å². The zero-order valence-corrected chi connectivity index (χ0v) is 13.9. The second-order valence-electron chi connectivity index (χ2n) is 5.57. The van der Waals surface area contributed by atoms with Crippen LogP contribution in [-0.4, -0.2) is 22.5 Å². The first-order valence-corrected chi connectivity index (χ1v) is 8.53. The van der Waals surface area contributed by atoms with Gasteiger partial charge in [0.25, 0.3) is 0 Å². The standard InChI is InChI=1S/C17H21N3OS/c1-3-15-12(2)22-16(19-15)8-9-18-17(21)20-10-13-6-4-5-7-14(13)11-20/h4-7H,3,8-11H2,1-2H3,(H,18,21). The third kappa shape index (κ3) is 3.14. The normalized spacial score (nSPS) is 13.3. The first-order valence-electron chi connectivity index (χ1n) is 7.72. The highest BCUT2D eigenvalue weighted by Crippen LogP contribution is 2.22. The molecular weight excluding hydrogens is 294 g/mol. The number of hydrogen-bond acceptors (Lipinski definition) is 3. The van der Waals surface area contributed by atoms with Crippen LogP contribution >= 0.6 is 11.3 Å². The molecule has 5 heteroatoms. The Labute approximate surface area is 135 Å². The number of fused-ring (bicyclic) bond motifs is 1. The van der Waals surface area contributed by atoms with Crippen LogP contribution in [-0.2, 0) is 25.9 Å². The predicted molar refractivity (Wildman–Crippen MR) is 89.0 cm³/mol. The van der Waals surface area contributed by atoms with Crippen molar-refractivity contribution >= 4 is 17.4 Å². The van der Waals surface area contributed by atoms with Gasteiger partial charge in [-0.1, -0.05) is 31.2 Å². The number of aryl methyl sites for hydroxylation is 2. The highest BCUT2D eigenvalue weighted by Gasteiger charge is 2.22. The molecule has 0 unspecified atom stereocenters. The van der Waals surface area contributed by atoms with Gasteiger partial charge < -0.3 is 10.2 Å². The Hall–Kier alpha value is -1.88. The number of aromatic nitrogens is 1. The van der Waals surface area contributed by atoms with Crippen LogP contribution in [0.5, 0.6) is 0 Å². The molecule has 0 atom stereocenters. The summed E-state index contributed by atoms with van der Waals surface area (Å²) in [5, 5.41) is 4.12. The summed E-state index contributed by atoms with van der Waals surface area (Å²) in [4.78, 5) is 20.0. The van der Waals surface area contributed by atoms with E-state index in [0.29, 0.717) is 19.6 Å². The van der Waals surface area contributed by atoms with E-state index in [1.54, 1.807) is 11.3 Å². The third-order valence-corrected chi connectivity index (χ3v) is 5.09. The topological polar surface area (TPSA) is 45.2 Å². The molecule has 116 valence electrons. The van der Waals surface area contributed by atoms with Gasteiger partial charge in [-0.25, -0.2) is 9.78 Å². The Kier molecular flexibility index (Phi) is 4.43. The highest BCUT2D eigenvalue weighted by molar-refractivity contribution is 7.11. The molecule has 0 radical (unpaired) electrons. The number of amides is 2. The Bertz CT molecular complexity index is 655. The van der Waals surface area contributed by atoms with Crippen LogP contribution in [0, 0.1) is 6.92 Å².